The van der Waals surface area contributed by atoms with Crippen LogP contribution in [0, 0.1) is 5.92 Å². The lowest BCUT2D eigenvalue weighted by Crippen LogP contribution is -2.24. The minimum atomic E-state index is 0.403. The second kappa shape index (κ2) is 3.97. The highest BCUT2D eigenvalue weighted by atomic mass is 16.1. The molecular formula is C11H16N4O. The number of nitrogens with zero attached hydrogens (tertiary/aromatic N) is 4. The first kappa shape index (κ1) is 9.96. The van der Waals surface area contributed by atoms with Gasteiger partial charge in [0, 0.05) is 19.6 Å². The predicted octanol–water partition coefficient (Wildman–Crippen LogP) is 0.747. The van der Waals surface area contributed by atoms with E-state index in [9.17, 15) is 4.79 Å². The average molecular weight is 220 g/mol. The van der Waals surface area contributed by atoms with Crippen LogP contribution in [0.15, 0.2) is 6.20 Å². The van der Waals surface area contributed by atoms with E-state index >= 15 is 0 Å². The van der Waals surface area contributed by atoms with Crippen LogP contribution in [0.3, 0.4) is 0 Å². The standard InChI is InChI=1S/C11H16N4O/c16-8-10-6-15(13-12-10)11-3-4-14(7-11)5-9-1-2-9/h6,8-9,11H,1-5,7H2/t11-/m0/s1. The van der Waals surface area contributed by atoms with Gasteiger partial charge < -0.3 is 4.90 Å². The van der Waals surface area contributed by atoms with Gasteiger partial charge in [-0.15, -0.1) is 5.10 Å². The Hall–Kier alpha value is -1.23. The van der Waals surface area contributed by atoms with E-state index in [0.29, 0.717) is 11.7 Å². The highest BCUT2D eigenvalue weighted by molar-refractivity contribution is 5.70. The first-order valence-electron chi connectivity index (χ1n) is 5.94. The van der Waals surface area contributed by atoms with Crippen LogP contribution in [0.5, 0.6) is 0 Å². The summed E-state index contributed by atoms with van der Waals surface area (Å²) >= 11 is 0. The maximum absolute atomic E-state index is 10.5. The van der Waals surface area contributed by atoms with Crippen LogP contribution in [-0.2, 0) is 0 Å². The van der Waals surface area contributed by atoms with Crippen molar-refractivity contribution in [2.75, 3.05) is 19.6 Å². The van der Waals surface area contributed by atoms with Crippen LogP contribution < -0.4 is 0 Å². The van der Waals surface area contributed by atoms with Gasteiger partial charge in [0.2, 0.25) is 0 Å². The third-order valence-electron chi connectivity index (χ3n) is 3.48. The van der Waals surface area contributed by atoms with Crippen LogP contribution >= 0.6 is 0 Å². The molecule has 1 aromatic rings. The largest absolute Gasteiger partial charge is 0.301 e. The molecule has 5 heteroatoms. The highest BCUT2D eigenvalue weighted by Crippen LogP contribution is 2.32. The Morgan fingerprint density at radius 2 is 2.31 bits per heavy atom. The summed E-state index contributed by atoms with van der Waals surface area (Å²) in [6.07, 6.45) is 6.42. The van der Waals surface area contributed by atoms with E-state index in [1.54, 1.807) is 6.20 Å². The Kier molecular flexibility index (Phi) is 2.47. The molecule has 2 fully saturated rings. The van der Waals surface area contributed by atoms with Gasteiger partial charge in [-0.1, -0.05) is 5.21 Å². The third kappa shape index (κ3) is 2.00. The molecule has 86 valence electrons. The van der Waals surface area contributed by atoms with E-state index in [0.717, 1.165) is 31.7 Å². The molecule has 1 saturated carbocycles. The van der Waals surface area contributed by atoms with E-state index in [1.807, 2.05) is 4.68 Å². The monoisotopic (exact) mass is 220 g/mol. The Labute approximate surface area is 94.4 Å². The van der Waals surface area contributed by atoms with Crippen molar-refractivity contribution in [2.45, 2.75) is 25.3 Å². The molecule has 0 radical (unpaired) electrons. The molecule has 0 spiro atoms. The molecule has 1 atom stereocenters. The van der Waals surface area contributed by atoms with E-state index in [1.165, 1.54) is 19.4 Å². The Balaban J connectivity index is 1.61. The number of likely N-dealkylation sites (tertiary alicyclic amines) is 1. The van der Waals surface area contributed by atoms with Crippen molar-refractivity contribution in [1.82, 2.24) is 19.9 Å². The first-order chi connectivity index (χ1) is 7.85. The van der Waals surface area contributed by atoms with Gasteiger partial charge in [0.1, 0.15) is 5.69 Å². The number of rotatable bonds is 4. The van der Waals surface area contributed by atoms with Gasteiger partial charge in [-0.05, 0) is 25.2 Å². The van der Waals surface area contributed by atoms with Crippen molar-refractivity contribution < 1.29 is 4.79 Å². The Morgan fingerprint density at radius 1 is 1.44 bits per heavy atom. The molecule has 2 heterocycles. The summed E-state index contributed by atoms with van der Waals surface area (Å²) in [7, 11) is 0. The van der Waals surface area contributed by atoms with E-state index in [-0.39, 0.29) is 0 Å². The first-order valence-corrected chi connectivity index (χ1v) is 5.94. The normalized spacial score (nSPS) is 26.1. The predicted molar refractivity (Wildman–Crippen MR) is 58.2 cm³/mol. The number of hydrogen-bond donors (Lipinski definition) is 0. The molecule has 0 amide bonds. The fraction of sp³-hybridized carbons (Fsp3) is 0.727. The molecule has 0 unspecified atom stereocenters. The van der Waals surface area contributed by atoms with E-state index in [2.05, 4.69) is 15.2 Å². The van der Waals surface area contributed by atoms with Crippen LogP contribution in [-0.4, -0.2) is 45.8 Å². The summed E-state index contributed by atoms with van der Waals surface area (Å²) in [5, 5.41) is 7.81. The molecule has 1 aromatic heterocycles. The number of aromatic nitrogens is 3. The molecule has 1 aliphatic carbocycles. The lowest BCUT2D eigenvalue weighted by atomic mass is 10.3. The van der Waals surface area contributed by atoms with Gasteiger partial charge in [-0.3, -0.25) is 4.79 Å². The molecule has 1 saturated heterocycles. The molecule has 3 rings (SSSR count). The van der Waals surface area contributed by atoms with Gasteiger partial charge in [-0.2, -0.15) is 0 Å². The summed E-state index contributed by atoms with van der Waals surface area (Å²) in [6.45, 7) is 3.45. The molecule has 0 aromatic carbocycles. The molecule has 0 N–H and O–H groups in total. The average Bonchev–Trinajstić information content (AvgIpc) is 2.83. The lowest BCUT2D eigenvalue weighted by molar-refractivity contribution is 0.111. The third-order valence-corrected chi connectivity index (χ3v) is 3.48. The molecule has 2 aliphatic rings. The van der Waals surface area contributed by atoms with Crippen molar-refractivity contribution in [2.24, 2.45) is 5.92 Å². The Bertz CT molecular complexity index is 385. The molecule has 5 nitrogen and oxygen atoms in total. The lowest BCUT2D eigenvalue weighted by Gasteiger charge is -2.14. The maximum atomic E-state index is 10.5. The maximum Gasteiger partial charge on any atom is 0.171 e. The zero-order valence-electron chi connectivity index (χ0n) is 9.25. The SMILES string of the molecule is O=Cc1cn([C@H]2CCN(CC3CC3)C2)nn1. The second-order valence-corrected chi connectivity index (χ2v) is 4.89. The summed E-state index contributed by atoms with van der Waals surface area (Å²) in [5.41, 5.74) is 0.431. The van der Waals surface area contributed by atoms with Gasteiger partial charge >= 0.3 is 0 Å². The number of carbonyl (C=O) groups is 1. The molecule has 0 bridgehead atoms. The van der Waals surface area contributed by atoms with Crippen molar-refractivity contribution in [1.29, 1.82) is 0 Å². The topological polar surface area (TPSA) is 51.0 Å². The van der Waals surface area contributed by atoms with Crippen LogP contribution in [0.2, 0.25) is 0 Å². The summed E-state index contributed by atoms with van der Waals surface area (Å²) < 4.78 is 1.84. The van der Waals surface area contributed by atoms with Crippen LogP contribution in [0.4, 0.5) is 0 Å². The van der Waals surface area contributed by atoms with Gasteiger partial charge in [0.15, 0.2) is 6.29 Å². The van der Waals surface area contributed by atoms with Crippen LogP contribution in [0.25, 0.3) is 0 Å². The second-order valence-electron chi connectivity index (χ2n) is 4.89. The summed E-state index contributed by atoms with van der Waals surface area (Å²) in [5.74, 6) is 0.944. The minimum Gasteiger partial charge on any atom is -0.301 e. The number of hydrogen-bond acceptors (Lipinski definition) is 4. The zero-order valence-corrected chi connectivity index (χ0v) is 9.25. The fourth-order valence-electron chi connectivity index (χ4n) is 2.38. The van der Waals surface area contributed by atoms with Gasteiger partial charge in [-0.25, -0.2) is 4.68 Å². The fourth-order valence-corrected chi connectivity index (χ4v) is 2.38. The van der Waals surface area contributed by atoms with Gasteiger partial charge in [0.05, 0.1) is 12.2 Å². The summed E-state index contributed by atoms with van der Waals surface area (Å²) in [4.78, 5) is 13.0. The van der Waals surface area contributed by atoms with Crippen LogP contribution in [0.1, 0.15) is 35.8 Å². The van der Waals surface area contributed by atoms with Crippen molar-refractivity contribution in [3.8, 4) is 0 Å². The Morgan fingerprint density at radius 3 is 3.00 bits per heavy atom. The van der Waals surface area contributed by atoms with Crippen molar-refractivity contribution >= 4 is 6.29 Å². The van der Waals surface area contributed by atoms with Crippen molar-refractivity contribution in [3.63, 3.8) is 0 Å². The van der Waals surface area contributed by atoms with Gasteiger partial charge in [0.25, 0.3) is 0 Å². The molecule has 1 aliphatic heterocycles. The van der Waals surface area contributed by atoms with Crippen molar-refractivity contribution in [3.05, 3.63) is 11.9 Å². The van der Waals surface area contributed by atoms with E-state index in [4.69, 9.17) is 0 Å². The zero-order chi connectivity index (χ0) is 11.0. The quantitative estimate of drug-likeness (QED) is 0.702. The molecule has 16 heavy (non-hydrogen) atoms. The number of aldehydes is 1. The molecular weight excluding hydrogens is 204 g/mol. The number of carbonyl (C=O) groups excluding carboxylic acids is 1. The highest BCUT2D eigenvalue weighted by Gasteiger charge is 2.30. The summed E-state index contributed by atoms with van der Waals surface area (Å²) in [6, 6.07) is 0.403. The smallest absolute Gasteiger partial charge is 0.171 e. The van der Waals surface area contributed by atoms with E-state index < -0.39 is 0 Å². The minimum absolute atomic E-state index is 0.403.